The second kappa shape index (κ2) is 14.6. The van der Waals surface area contributed by atoms with Gasteiger partial charge in [0.2, 0.25) is 13.9 Å². The Balaban J connectivity index is 1.00. The Labute approximate surface area is 386 Å². The summed E-state index contributed by atoms with van der Waals surface area (Å²) in [6.07, 6.45) is 0. The summed E-state index contributed by atoms with van der Waals surface area (Å²) in [5, 5.41) is 9.69. The van der Waals surface area contributed by atoms with Crippen LogP contribution in [0.15, 0.2) is 243 Å². The Morgan fingerprint density at radius 3 is 1.49 bits per heavy atom. The van der Waals surface area contributed by atoms with Crippen molar-refractivity contribution < 1.29 is 0 Å². The number of nitrogens with zero attached hydrogens (tertiary/aromatic N) is 6. The zero-order valence-corrected chi connectivity index (χ0v) is 37.3. The average molecular weight is 873 g/mol. The highest BCUT2D eigenvalue weighted by molar-refractivity contribution is 7.19. The van der Waals surface area contributed by atoms with Crippen molar-refractivity contribution in [2.75, 3.05) is 0 Å². The van der Waals surface area contributed by atoms with Crippen LogP contribution in [0.25, 0.3) is 88.6 Å². The molecule has 0 saturated heterocycles. The van der Waals surface area contributed by atoms with Crippen LogP contribution >= 0.6 is 0 Å². The number of fused-ring (bicyclic) bond motifs is 11. The van der Waals surface area contributed by atoms with E-state index in [1.807, 2.05) is 0 Å². The SMILES string of the molecule is c1ccc([Si](c2ccccc2)(c2cccc(-n3c4ccccc4c4ccccc43)c2)c2cccc(-n3c4ccccc4c4cc(-n5c6ccccc6n6c7ccccc7nc56)ccc43)n2)cc1. The van der Waals surface area contributed by atoms with Crippen LogP contribution in [0.5, 0.6) is 0 Å². The van der Waals surface area contributed by atoms with E-state index in [9.17, 15) is 0 Å². The fourth-order valence-corrected chi connectivity index (χ4v) is 15.7. The standard InChI is InChI=1S/C60H40N6Si/c1-3-20-43(21-4-1)67(44-22-5-2-6-23-44,45-24-17-19-41(39-45)63-51-29-11-7-25-46(51)47-26-8-12-30-52(47)63)59-36-18-35-58(62-59)65-53-31-13-9-27-48(53)49-40-42(37-38-54(49)65)64-56-33-15-16-34-57(56)66-55-32-14-10-28-50(55)61-60(64)66/h1-40H. The molecule has 5 aromatic heterocycles. The van der Waals surface area contributed by atoms with Gasteiger partial charge in [-0.2, -0.15) is 0 Å². The van der Waals surface area contributed by atoms with E-state index in [0.717, 1.165) is 66.8 Å². The van der Waals surface area contributed by atoms with Crippen molar-refractivity contribution in [3.05, 3.63) is 243 Å². The highest BCUT2D eigenvalue weighted by Gasteiger charge is 2.43. The first kappa shape index (κ1) is 37.6. The van der Waals surface area contributed by atoms with E-state index in [2.05, 4.69) is 261 Å². The molecule has 0 N–H and O–H groups in total. The maximum Gasteiger partial charge on any atom is 0.220 e. The first-order valence-corrected chi connectivity index (χ1v) is 24.8. The predicted octanol–water partition coefficient (Wildman–Crippen LogP) is 11.4. The molecular formula is C60H40N6Si. The molecule has 0 bridgehead atoms. The van der Waals surface area contributed by atoms with E-state index >= 15 is 0 Å². The van der Waals surface area contributed by atoms with Gasteiger partial charge in [0.05, 0.1) is 44.1 Å². The largest absolute Gasteiger partial charge is 0.309 e. The van der Waals surface area contributed by atoms with Crippen LogP contribution < -0.4 is 20.9 Å². The molecule has 0 fully saturated rings. The van der Waals surface area contributed by atoms with E-state index < -0.39 is 8.07 Å². The van der Waals surface area contributed by atoms with E-state index in [0.29, 0.717) is 0 Å². The molecule has 0 aliphatic heterocycles. The van der Waals surface area contributed by atoms with Crippen molar-refractivity contribution in [1.82, 2.24) is 28.1 Å². The third-order valence-corrected chi connectivity index (χ3v) is 18.5. The number of aromatic nitrogens is 6. The summed E-state index contributed by atoms with van der Waals surface area (Å²) in [6, 6.07) is 88.2. The van der Waals surface area contributed by atoms with Crippen LogP contribution in [-0.2, 0) is 0 Å². The zero-order valence-electron chi connectivity index (χ0n) is 36.3. The number of hydrogen-bond donors (Lipinski definition) is 0. The molecule has 314 valence electrons. The van der Waals surface area contributed by atoms with Crippen LogP contribution in [0.3, 0.4) is 0 Å². The summed E-state index contributed by atoms with van der Waals surface area (Å²) in [7, 11) is -3.12. The van der Waals surface area contributed by atoms with Gasteiger partial charge < -0.3 is 4.57 Å². The molecule has 0 spiro atoms. The van der Waals surface area contributed by atoms with E-state index in [1.54, 1.807) is 0 Å². The van der Waals surface area contributed by atoms with Gasteiger partial charge in [0.1, 0.15) is 5.82 Å². The van der Waals surface area contributed by atoms with Crippen LogP contribution in [0.4, 0.5) is 0 Å². The Kier molecular flexibility index (Phi) is 8.20. The third kappa shape index (κ3) is 5.43. The third-order valence-electron chi connectivity index (χ3n) is 13.9. The van der Waals surface area contributed by atoms with Crippen molar-refractivity contribution in [2.45, 2.75) is 0 Å². The number of pyridine rings is 1. The van der Waals surface area contributed by atoms with Crippen LogP contribution in [0.2, 0.25) is 0 Å². The van der Waals surface area contributed by atoms with Gasteiger partial charge in [-0.3, -0.25) is 13.5 Å². The summed E-state index contributed by atoms with van der Waals surface area (Å²) < 4.78 is 9.36. The number of rotatable bonds is 7. The van der Waals surface area contributed by atoms with E-state index in [-0.39, 0.29) is 0 Å². The van der Waals surface area contributed by atoms with Gasteiger partial charge in [0.15, 0.2) is 0 Å². The molecule has 0 amide bonds. The smallest absolute Gasteiger partial charge is 0.220 e. The molecule has 9 aromatic carbocycles. The van der Waals surface area contributed by atoms with Crippen LogP contribution in [0.1, 0.15) is 0 Å². The number of para-hydroxylation sites is 7. The zero-order chi connectivity index (χ0) is 44.1. The van der Waals surface area contributed by atoms with Gasteiger partial charge in [-0.05, 0) is 100 Å². The molecule has 6 nitrogen and oxygen atoms in total. The lowest BCUT2D eigenvalue weighted by atomic mass is 10.1. The highest BCUT2D eigenvalue weighted by atomic mass is 28.3. The number of imidazole rings is 2. The number of hydrogen-bond acceptors (Lipinski definition) is 2. The van der Waals surface area contributed by atoms with Crippen LogP contribution in [0, 0.1) is 0 Å². The summed E-state index contributed by atoms with van der Waals surface area (Å²) in [4.78, 5) is 11.1. The summed E-state index contributed by atoms with van der Waals surface area (Å²) in [5.41, 5.74) is 11.1. The van der Waals surface area contributed by atoms with Crippen molar-refractivity contribution in [3.63, 3.8) is 0 Å². The minimum absolute atomic E-state index is 0.882. The van der Waals surface area contributed by atoms with Crippen molar-refractivity contribution >= 4 is 100 Å². The lowest BCUT2D eigenvalue weighted by molar-refractivity contribution is 1.09. The second-order valence-corrected chi connectivity index (χ2v) is 21.1. The lowest BCUT2D eigenvalue weighted by Gasteiger charge is -2.34. The molecule has 0 atom stereocenters. The Morgan fingerprint density at radius 1 is 0.299 bits per heavy atom. The van der Waals surface area contributed by atoms with E-state index in [4.69, 9.17) is 9.97 Å². The van der Waals surface area contributed by atoms with Crippen molar-refractivity contribution in [2.24, 2.45) is 0 Å². The first-order valence-electron chi connectivity index (χ1n) is 22.8. The molecule has 0 aliphatic carbocycles. The van der Waals surface area contributed by atoms with Gasteiger partial charge in [0.25, 0.3) is 0 Å². The molecule has 0 unspecified atom stereocenters. The van der Waals surface area contributed by atoms with Gasteiger partial charge in [-0.15, -0.1) is 0 Å². The molecule has 14 aromatic rings. The molecule has 5 heterocycles. The highest BCUT2D eigenvalue weighted by Crippen LogP contribution is 2.36. The number of benzene rings is 9. The molecule has 0 aliphatic rings. The first-order chi connectivity index (χ1) is 33.3. The molecule has 14 rings (SSSR count). The minimum Gasteiger partial charge on any atom is -0.309 e. The summed E-state index contributed by atoms with van der Waals surface area (Å²) in [6.45, 7) is 0. The molecule has 0 saturated carbocycles. The Hall–Kier alpha value is -8.78. The predicted molar refractivity (Wildman–Crippen MR) is 280 cm³/mol. The van der Waals surface area contributed by atoms with Crippen molar-refractivity contribution in [3.8, 4) is 17.2 Å². The van der Waals surface area contributed by atoms with Gasteiger partial charge in [-0.25, -0.2) is 9.97 Å². The van der Waals surface area contributed by atoms with Gasteiger partial charge >= 0.3 is 0 Å². The Morgan fingerprint density at radius 2 is 0.806 bits per heavy atom. The molecular weight excluding hydrogens is 833 g/mol. The molecule has 7 heteroatoms. The summed E-state index contributed by atoms with van der Waals surface area (Å²) in [5.74, 6) is 1.78. The average Bonchev–Trinajstić information content (AvgIpc) is 4.13. The van der Waals surface area contributed by atoms with Crippen LogP contribution in [-0.4, -0.2) is 36.1 Å². The van der Waals surface area contributed by atoms with E-state index in [1.165, 1.54) is 42.8 Å². The van der Waals surface area contributed by atoms with Gasteiger partial charge in [-0.1, -0.05) is 158 Å². The summed E-state index contributed by atoms with van der Waals surface area (Å²) >= 11 is 0. The van der Waals surface area contributed by atoms with Gasteiger partial charge in [0, 0.05) is 38.2 Å². The molecule has 67 heavy (non-hydrogen) atoms. The fourth-order valence-electron chi connectivity index (χ4n) is 11.1. The normalized spacial score (nSPS) is 12.2. The Bertz CT molecular complexity index is 4140. The second-order valence-electron chi connectivity index (χ2n) is 17.4. The monoisotopic (exact) mass is 872 g/mol. The maximum absolute atomic E-state index is 5.89. The maximum atomic E-state index is 5.89. The lowest BCUT2D eigenvalue weighted by Crippen LogP contribution is -2.75. The van der Waals surface area contributed by atoms with Crippen molar-refractivity contribution in [1.29, 1.82) is 0 Å². The molecule has 0 radical (unpaired) electrons. The topological polar surface area (TPSA) is 45.0 Å². The quantitative estimate of drug-likeness (QED) is 0.118. The minimum atomic E-state index is -3.12. The fraction of sp³-hybridized carbons (Fsp3) is 0.